The van der Waals surface area contributed by atoms with Crippen LogP contribution >= 0.6 is 11.3 Å². The molecule has 3 aromatic rings. The number of likely N-dealkylation sites (N-methyl/N-ethyl adjacent to an activating group) is 1. The standard InChI is InChI=1S/C23H24N2O2S/c1-3-24-22(26)15-18-9-11-20(12-10-18)25(23(27)21-8-5-13-28-21)16-19-7-4-6-17(2)14-19/h4-14H,3,15-16H2,1-2H3,(H,24,26). The van der Waals surface area contributed by atoms with E-state index in [1.807, 2.05) is 73.8 Å². The lowest BCUT2D eigenvalue weighted by Crippen LogP contribution is -2.30. The first-order chi connectivity index (χ1) is 13.6. The highest BCUT2D eigenvalue weighted by atomic mass is 32.1. The Labute approximate surface area is 169 Å². The Morgan fingerprint density at radius 3 is 2.43 bits per heavy atom. The van der Waals surface area contributed by atoms with E-state index in [-0.39, 0.29) is 11.8 Å². The Morgan fingerprint density at radius 2 is 1.79 bits per heavy atom. The molecule has 0 fully saturated rings. The molecule has 1 aromatic heterocycles. The highest BCUT2D eigenvalue weighted by molar-refractivity contribution is 7.12. The molecule has 2 amide bonds. The quantitative estimate of drug-likeness (QED) is 0.640. The van der Waals surface area contributed by atoms with Gasteiger partial charge in [-0.3, -0.25) is 9.59 Å². The Kier molecular flexibility index (Phi) is 6.61. The second-order valence-electron chi connectivity index (χ2n) is 6.65. The molecule has 0 spiro atoms. The molecular weight excluding hydrogens is 368 g/mol. The minimum atomic E-state index is -0.0204. The van der Waals surface area contributed by atoms with Gasteiger partial charge in [-0.05, 0) is 48.6 Å². The molecule has 1 N–H and O–H groups in total. The molecule has 0 atom stereocenters. The molecule has 144 valence electrons. The molecule has 5 heteroatoms. The van der Waals surface area contributed by atoms with Gasteiger partial charge in [0.15, 0.2) is 0 Å². The maximum atomic E-state index is 13.1. The van der Waals surface area contributed by atoms with Crippen LogP contribution in [0, 0.1) is 6.92 Å². The number of nitrogens with one attached hydrogen (secondary N) is 1. The van der Waals surface area contributed by atoms with Gasteiger partial charge in [0.25, 0.3) is 5.91 Å². The van der Waals surface area contributed by atoms with Crippen LogP contribution in [0.15, 0.2) is 66.0 Å². The first kappa shape index (κ1) is 19.8. The minimum absolute atomic E-state index is 0.00142. The maximum absolute atomic E-state index is 13.1. The normalized spacial score (nSPS) is 10.5. The number of thiophene rings is 1. The van der Waals surface area contributed by atoms with Crippen molar-refractivity contribution in [3.05, 3.63) is 87.6 Å². The molecule has 0 saturated heterocycles. The number of carbonyl (C=O) groups is 2. The van der Waals surface area contributed by atoms with Crippen molar-refractivity contribution in [2.45, 2.75) is 26.8 Å². The Morgan fingerprint density at radius 1 is 1.00 bits per heavy atom. The lowest BCUT2D eigenvalue weighted by Gasteiger charge is -2.23. The lowest BCUT2D eigenvalue weighted by atomic mass is 10.1. The van der Waals surface area contributed by atoms with Crippen LogP contribution < -0.4 is 10.2 Å². The van der Waals surface area contributed by atoms with Crippen LogP contribution in [-0.4, -0.2) is 18.4 Å². The number of amides is 2. The van der Waals surface area contributed by atoms with E-state index in [4.69, 9.17) is 0 Å². The van der Waals surface area contributed by atoms with Gasteiger partial charge in [0, 0.05) is 12.2 Å². The van der Waals surface area contributed by atoms with Gasteiger partial charge in [-0.25, -0.2) is 0 Å². The summed E-state index contributed by atoms with van der Waals surface area (Å²) in [6, 6.07) is 19.6. The summed E-state index contributed by atoms with van der Waals surface area (Å²) >= 11 is 1.44. The first-order valence-corrected chi connectivity index (χ1v) is 10.2. The van der Waals surface area contributed by atoms with E-state index in [1.165, 1.54) is 16.9 Å². The zero-order valence-corrected chi connectivity index (χ0v) is 17.0. The lowest BCUT2D eigenvalue weighted by molar-refractivity contribution is -0.120. The molecule has 0 radical (unpaired) electrons. The summed E-state index contributed by atoms with van der Waals surface area (Å²) in [6.07, 6.45) is 0.338. The van der Waals surface area contributed by atoms with Crippen molar-refractivity contribution in [1.29, 1.82) is 0 Å². The fourth-order valence-electron chi connectivity index (χ4n) is 3.05. The molecule has 0 unspecified atom stereocenters. The van der Waals surface area contributed by atoms with Crippen molar-refractivity contribution in [2.24, 2.45) is 0 Å². The van der Waals surface area contributed by atoms with E-state index in [0.29, 0.717) is 24.4 Å². The summed E-state index contributed by atoms with van der Waals surface area (Å²) in [5, 5.41) is 4.71. The zero-order chi connectivity index (χ0) is 19.9. The van der Waals surface area contributed by atoms with Gasteiger partial charge in [0.2, 0.25) is 5.91 Å². The van der Waals surface area contributed by atoms with Crippen molar-refractivity contribution in [2.75, 3.05) is 11.4 Å². The van der Waals surface area contributed by atoms with Crippen molar-refractivity contribution < 1.29 is 9.59 Å². The van der Waals surface area contributed by atoms with Gasteiger partial charge in [-0.2, -0.15) is 0 Å². The molecule has 28 heavy (non-hydrogen) atoms. The number of carbonyl (C=O) groups excluding carboxylic acids is 2. The summed E-state index contributed by atoms with van der Waals surface area (Å²) in [5.74, 6) is -0.0190. The predicted octanol–water partition coefficient (Wildman–Crippen LogP) is 4.58. The number of benzene rings is 2. The van der Waals surface area contributed by atoms with Gasteiger partial charge in [0.1, 0.15) is 0 Å². The van der Waals surface area contributed by atoms with Crippen LogP contribution in [0.5, 0.6) is 0 Å². The number of hydrogen-bond acceptors (Lipinski definition) is 3. The van der Waals surface area contributed by atoms with Crippen LogP contribution in [0.4, 0.5) is 5.69 Å². The molecule has 0 aliphatic rings. The van der Waals surface area contributed by atoms with Gasteiger partial charge in [-0.15, -0.1) is 11.3 Å². The van der Waals surface area contributed by atoms with E-state index < -0.39 is 0 Å². The van der Waals surface area contributed by atoms with Gasteiger partial charge >= 0.3 is 0 Å². The second-order valence-corrected chi connectivity index (χ2v) is 7.60. The molecule has 0 saturated carbocycles. The average molecular weight is 393 g/mol. The SMILES string of the molecule is CCNC(=O)Cc1ccc(N(Cc2cccc(C)c2)C(=O)c2cccs2)cc1. The Hall–Kier alpha value is -2.92. The number of nitrogens with zero attached hydrogens (tertiary/aromatic N) is 1. The molecule has 0 aliphatic carbocycles. The summed E-state index contributed by atoms with van der Waals surface area (Å²) in [4.78, 5) is 27.4. The van der Waals surface area contributed by atoms with Crippen LogP contribution in [0.1, 0.15) is 33.3 Å². The van der Waals surface area contributed by atoms with Crippen molar-refractivity contribution in [1.82, 2.24) is 5.32 Å². The van der Waals surface area contributed by atoms with Gasteiger partial charge in [-0.1, -0.05) is 48.0 Å². The molecule has 0 bridgehead atoms. The Bertz CT molecular complexity index is 934. The van der Waals surface area contributed by atoms with Crippen molar-refractivity contribution in [3.63, 3.8) is 0 Å². The fraction of sp³-hybridized carbons (Fsp3) is 0.217. The summed E-state index contributed by atoms with van der Waals surface area (Å²) in [6.45, 7) is 5.07. The first-order valence-electron chi connectivity index (χ1n) is 9.33. The van der Waals surface area contributed by atoms with Crippen molar-refractivity contribution >= 4 is 28.8 Å². The maximum Gasteiger partial charge on any atom is 0.268 e. The van der Waals surface area contributed by atoms with Crippen LogP contribution in [-0.2, 0) is 17.8 Å². The third-order valence-corrected chi connectivity index (χ3v) is 5.24. The molecule has 3 rings (SSSR count). The van der Waals surface area contributed by atoms with Gasteiger partial charge in [0.05, 0.1) is 17.8 Å². The van der Waals surface area contributed by atoms with Crippen LogP contribution in [0.25, 0.3) is 0 Å². The highest BCUT2D eigenvalue weighted by Crippen LogP contribution is 2.23. The average Bonchev–Trinajstić information content (AvgIpc) is 3.21. The minimum Gasteiger partial charge on any atom is -0.356 e. The topological polar surface area (TPSA) is 49.4 Å². The number of anilines is 1. The van der Waals surface area contributed by atoms with Crippen molar-refractivity contribution in [3.8, 4) is 0 Å². The van der Waals surface area contributed by atoms with Crippen LogP contribution in [0.2, 0.25) is 0 Å². The van der Waals surface area contributed by atoms with E-state index in [1.54, 1.807) is 4.90 Å². The zero-order valence-electron chi connectivity index (χ0n) is 16.1. The van der Waals surface area contributed by atoms with E-state index in [2.05, 4.69) is 11.4 Å². The summed E-state index contributed by atoms with van der Waals surface area (Å²) < 4.78 is 0. The van der Waals surface area contributed by atoms with E-state index in [9.17, 15) is 9.59 Å². The Balaban J connectivity index is 1.85. The largest absolute Gasteiger partial charge is 0.356 e. The molecule has 1 heterocycles. The monoisotopic (exact) mass is 392 g/mol. The van der Waals surface area contributed by atoms with Gasteiger partial charge < -0.3 is 10.2 Å². The smallest absolute Gasteiger partial charge is 0.268 e. The van der Waals surface area contributed by atoms with E-state index >= 15 is 0 Å². The molecule has 0 aliphatic heterocycles. The highest BCUT2D eigenvalue weighted by Gasteiger charge is 2.19. The summed E-state index contributed by atoms with van der Waals surface area (Å²) in [5.41, 5.74) is 3.99. The summed E-state index contributed by atoms with van der Waals surface area (Å²) in [7, 11) is 0. The number of hydrogen-bond donors (Lipinski definition) is 1. The third-order valence-electron chi connectivity index (χ3n) is 4.39. The number of aryl methyl sites for hydroxylation is 1. The predicted molar refractivity (Wildman–Crippen MR) is 115 cm³/mol. The van der Waals surface area contributed by atoms with Crippen LogP contribution in [0.3, 0.4) is 0 Å². The second kappa shape index (κ2) is 9.33. The molecule has 4 nitrogen and oxygen atoms in total. The molecular formula is C23H24N2O2S. The number of rotatable bonds is 7. The molecule has 2 aromatic carbocycles. The fourth-order valence-corrected chi connectivity index (χ4v) is 3.72. The third kappa shape index (κ3) is 5.08. The van der Waals surface area contributed by atoms with E-state index in [0.717, 1.165) is 16.8 Å².